The molecule has 1 unspecified atom stereocenters. The maximum absolute atomic E-state index is 11.2. The summed E-state index contributed by atoms with van der Waals surface area (Å²) >= 11 is 0. The van der Waals surface area contributed by atoms with Crippen LogP contribution in [0, 0.1) is 0 Å². The lowest BCUT2D eigenvalue weighted by atomic mass is 10.3. The molecule has 84 valence electrons. The van der Waals surface area contributed by atoms with E-state index in [-0.39, 0.29) is 0 Å². The first-order chi connectivity index (χ1) is 6.83. The standard InChI is InChI=1S/C7H9O7P/c1-3-4-5(8)11-7-6(2,9)12-15(10,13-7)14-7/h3-4,9H,1-2H3/b4-3+. The lowest BCUT2D eigenvalue weighted by Gasteiger charge is -2.35. The van der Waals surface area contributed by atoms with Crippen LogP contribution in [-0.2, 0) is 27.7 Å². The average Bonchev–Trinajstić information content (AvgIpc) is 2.28. The third-order valence-electron chi connectivity index (χ3n) is 1.86. The van der Waals surface area contributed by atoms with E-state index in [1.165, 1.54) is 6.08 Å². The van der Waals surface area contributed by atoms with E-state index in [4.69, 9.17) is 0 Å². The second kappa shape index (κ2) is 2.90. The van der Waals surface area contributed by atoms with Crippen LogP contribution in [0.3, 0.4) is 0 Å². The number of carbonyl (C=O) groups is 1. The van der Waals surface area contributed by atoms with E-state index in [2.05, 4.69) is 18.3 Å². The van der Waals surface area contributed by atoms with Crippen molar-refractivity contribution in [2.45, 2.75) is 25.6 Å². The summed E-state index contributed by atoms with van der Waals surface area (Å²) in [7, 11) is -3.71. The van der Waals surface area contributed by atoms with Gasteiger partial charge in [0.05, 0.1) is 0 Å². The Kier molecular flexibility index (Phi) is 2.09. The highest BCUT2D eigenvalue weighted by molar-refractivity contribution is 7.50. The van der Waals surface area contributed by atoms with Crippen LogP contribution in [0.5, 0.6) is 0 Å². The lowest BCUT2D eigenvalue weighted by molar-refractivity contribution is -0.387. The van der Waals surface area contributed by atoms with E-state index in [0.29, 0.717) is 0 Å². The van der Waals surface area contributed by atoms with Gasteiger partial charge in [-0.05, 0) is 13.8 Å². The first kappa shape index (κ1) is 10.8. The van der Waals surface area contributed by atoms with Gasteiger partial charge >= 0.3 is 19.8 Å². The molecule has 0 radical (unpaired) electrons. The summed E-state index contributed by atoms with van der Waals surface area (Å²) in [4.78, 5) is 11.1. The minimum Gasteiger partial charge on any atom is -0.399 e. The van der Waals surface area contributed by atoms with Crippen LogP contribution in [0.2, 0.25) is 0 Å². The molecule has 3 fully saturated rings. The molecule has 0 spiro atoms. The first-order valence-corrected chi connectivity index (χ1v) is 5.59. The summed E-state index contributed by atoms with van der Waals surface area (Å²) in [6.07, 6.45) is 2.53. The smallest absolute Gasteiger partial charge is 0.399 e. The van der Waals surface area contributed by atoms with E-state index in [1.54, 1.807) is 6.92 Å². The Labute approximate surface area is 85.2 Å². The van der Waals surface area contributed by atoms with Gasteiger partial charge in [-0.25, -0.2) is 22.9 Å². The Morgan fingerprint density at radius 2 is 2.07 bits per heavy atom. The number of carbonyl (C=O) groups excluding carboxylic acids is 1. The van der Waals surface area contributed by atoms with Gasteiger partial charge in [0.1, 0.15) is 0 Å². The second-order valence-electron chi connectivity index (χ2n) is 3.18. The van der Waals surface area contributed by atoms with Crippen molar-refractivity contribution in [2.75, 3.05) is 0 Å². The number of hydrogen-bond acceptors (Lipinski definition) is 7. The SMILES string of the molecule is C/C=C/C(=O)OC12OP(=O)(OC1(C)O)O2. The zero-order valence-electron chi connectivity index (χ0n) is 8.00. The van der Waals surface area contributed by atoms with E-state index < -0.39 is 25.6 Å². The van der Waals surface area contributed by atoms with Crippen molar-refractivity contribution in [1.82, 2.24) is 0 Å². The third kappa shape index (κ3) is 1.44. The largest absolute Gasteiger partial charge is 0.488 e. The molecular weight excluding hydrogens is 227 g/mol. The van der Waals surface area contributed by atoms with Crippen molar-refractivity contribution < 1.29 is 32.8 Å². The second-order valence-corrected chi connectivity index (χ2v) is 4.62. The van der Waals surface area contributed by atoms with E-state index in [9.17, 15) is 14.5 Å². The third-order valence-corrected chi connectivity index (χ3v) is 3.37. The van der Waals surface area contributed by atoms with Crippen LogP contribution in [0.25, 0.3) is 0 Å². The zero-order valence-corrected chi connectivity index (χ0v) is 8.89. The molecule has 7 nitrogen and oxygen atoms in total. The molecule has 0 aromatic heterocycles. The number of aliphatic hydroxyl groups is 1. The molecule has 2 bridgehead atoms. The van der Waals surface area contributed by atoms with Gasteiger partial charge in [0, 0.05) is 6.08 Å². The fraction of sp³-hybridized carbons (Fsp3) is 0.571. The van der Waals surface area contributed by atoms with Crippen LogP contribution >= 0.6 is 7.82 Å². The molecule has 3 aliphatic rings. The van der Waals surface area contributed by atoms with Crippen molar-refractivity contribution in [3.63, 3.8) is 0 Å². The molecule has 1 atom stereocenters. The van der Waals surface area contributed by atoms with Gasteiger partial charge in [0.2, 0.25) is 0 Å². The maximum atomic E-state index is 11.2. The molecule has 0 aromatic rings. The fourth-order valence-corrected chi connectivity index (χ4v) is 2.85. The van der Waals surface area contributed by atoms with Crippen LogP contribution in [0.1, 0.15) is 13.8 Å². The monoisotopic (exact) mass is 236 g/mol. The molecule has 0 aliphatic carbocycles. The topological polar surface area (TPSA) is 91.3 Å². The Bertz CT molecular complexity index is 375. The highest BCUT2D eigenvalue weighted by Crippen LogP contribution is 2.77. The average molecular weight is 236 g/mol. The van der Waals surface area contributed by atoms with Crippen molar-refractivity contribution in [3.8, 4) is 0 Å². The summed E-state index contributed by atoms with van der Waals surface area (Å²) < 4.78 is 29.7. The van der Waals surface area contributed by atoms with Crippen molar-refractivity contribution in [2.24, 2.45) is 0 Å². The van der Waals surface area contributed by atoms with Crippen molar-refractivity contribution in [1.29, 1.82) is 0 Å². The number of allylic oxidation sites excluding steroid dienone is 1. The van der Waals surface area contributed by atoms with Crippen LogP contribution in [-0.4, -0.2) is 22.8 Å². The van der Waals surface area contributed by atoms with Crippen LogP contribution in [0.4, 0.5) is 0 Å². The predicted octanol–water partition coefficient (Wildman–Crippen LogP) is 0.653. The number of rotatable bonds is 2. The summed E-state index contributed by atoms with van der Waals surface area (Å²) in [5.41, 5.74) is 0. The Balaban J connectivity index is 2.17. The number of phosphoric acid groups is 1. The molecule has 0 amide bonds. The molecule has 0 aromatic carbocycles. The van der Waals surface area contributed by atoms with Gasteiger partial charge in [-0.15, -0.1) is 0 Å². The minimum atomic E-state index is -3.71. The molecular formula is C7H9O7P. The number of fused-ring (bicyclic) bond motifs is 1. The van der Waals surface area contributed by atoms with Crippen LogP contribution < -0.4 is 0 Å². The molecule has 15 heavy (non-hydrogen) atoms. The Morgan fingerprint density at radius 3 is 2.47 bits per heavy atom. The Hall–Kier alpha value is -0.720. The molecule has 1 N–H and O–H groups in total. The van der Waals surface area contributed by atoms with Gasteiger partial charge in [-0.3, -0.25) is 0 Å². The minimum absolute atomic E-state index is 0.797. The molecule has 8 heteroatoms. The quantitative estimate of drug-likeness (QED) is 0.427. The molecule has 3 saturated heterocycles. The van der Waals surface area contributed by atoms with E-state index in [1.807, 2.05) is 0 Å². The number of ether oxygens (including phenoxy) is 1. The predicted molar refractivity (Wildman–Crippen MR) is 45.1 cm³/mol. The van der Waals surface area contributed by atoms with E-state index in [0.717, 1.165) is 13.0 Å². The van der Waals surface area contributed by atoms with Gasteiger partial charge in [0.25, 0.3) is 5.79 Å². The van der Waals surface area contributed by atoms with Gasteiger partial charge in [-0.1, -0.05) is 6.08 Å². The number of esters is 1. The van der Waals surface area contributed by atoms with Crippen LogP contribution in [0.15, 0.2) is 12.2 Å². The molecule has 0 saturated carbocycles. The number of phosphoric ester groups is 1. The van der Waals surface area contributed by atoms with Crippen molar-refractivity contribution >= 4 is 13.8 Å². The maximum Gasteiger partial charge on any atom is 0.488 e. The highest BCUT2D eigenvalue weighted by Gasteiger charge is 2.81. The van der Waals surface area contributed by atoms with E-state index >= 15 is 0 Å². The van der Waals surface area contributed by atoms with Gasteiger partial charge in [0.15, 0.2) is 0 Å². The molecule has 3 aliphatic heterocycles. The zero-order chi connectivity index (χ0) is 11.3. The Morgan fingerprint density at radius 1 is 1.47 bits per heavy atom. The summed E-state index contributed by atoms with van der Waals surface area (Å²) in [6, 6.07) is 0. The summed E-state index contributed by atoms with van der Waals surface area (Å²) in [5, 5.41) is 9.59. The normalized spacial score (nSPS) is 47.9. The molecule has 3 rings (SSSR count). The fourth-order valence-electron chi connectivity index (χ4n) is 1.22. The van der Waals surface area contributed by atoms with Crippen molar-refractivity contribution in [3.05, 3.63) is 12.2 Å². The highest BCUT2D eigenvalue weighted by atomic mass is 31.2. The summed E-state index contributed by atoms with van der Waals surface area (Å²) in [5.74, 6) is -4.98. The molecule has 3 heterocycles. The number of hydrogen-bond donors (Lipinski definition) is 1. The first-order valence-electron chi connectivity index (χ1n) is 4.13. The van der Waals surface area contributed by atoms with Gasteiger partial charge in [-0.2, -0.15) is 0 Å². The lowest BCUT2D eigenvalue weighted by Crippen LogP contribution is -2.54. The van der Waals surface area contributed by atoms with Gasteiger partial charge < -0.3 is 9.84 Å². The summed E-state index contributed by atoms with van der Waals surface area (Å²) in [6.45, 7) is 2.73.